The standard InChI is InChI=1S/C22H32N2O4/c1-21(2,3)28-20(26)24-15-8-7-12-22(24)13-9-14-23(17-22)19(25)27-16-18-10-5-4-6-11-18/h4-6,10-11H,7-9,12-17H2,1-3H3. The van der Waals surface area contributed by atoms with Crippen molar-refractivity contribution in [1.29, 1.82) is 0 Å². The molecule has 1 unspecified atom stereocenters. The van der Waals surface area contributed by atoms with Gasteiger partial charge in [0, 0.05) is 19.6 Å². The number of piperidine rings is 2. The highest BCUT2D eigenvalue weighted by molar-refractivity contribution is 5.71. The van der Waals surface area contributed by atoms with Gasteiger partial charge >= 0.3 is 12.2 Å². The Morgan fingerprint density at radius 3 is 2.43 bits per heavy atom. The fourth-order valence-corrected chi connectivity index (χ4v) is 4.20. The van der Waals surface area contributed by atoms with E-state index in [2.05, 4.69) is 0 Å². The molecule has 2 aliphatic rings. The lowest BCUT2D eigenvalue weighted by Crippen LogP contribution is -2.63. The van der Waals surface area contributed by atoms with Crippen LogP contribution in [0, 0.1) is 0 Å². The van der Waals surface area contributed by atoms with Crippen molar-refractivity contribution in [2.75, 3.05) is 19.6 Å². The number of carbonyl (C=O) groups is 2. The van der Waals surface area contributed by atoms with Crippen LogP contribution in [0.15, 0.2) is 30.3 Å². The Labute approximate surface area is 167 Å². The molecule has 1 aromatic carbocycles. The Morgan fingerprint density at radius 1 is 1.00 bits per heavy atom. The molecule has 2 heterocycles. The molecule has 0 N–H and O–H groups in total. The zero-order valence-corrected chi connectivity index (χ0v) is 17.3. The smallest absolute Gasteiger partial charge is 0.410 e. The monoisotopic (exact) mass is 388 g/mol. The van der Waals surface area contributed by atoms with Gasteiger partial charge in [0.2, 0.25) is 0 Å². The van der Waals surface area contributed by atoms with E-state index in [1.807, 2.05) is 56.0 Å². The number of carbonyl (C=O) groups excluding carboxylic acids is 2. The Balaban J connectivity index is 1.66. The third-order valence-corrected chi connectivity index (χ3v) is 5.48. The third-order valence-electron chi connectivity index (χ3n) is 5.48. The van der Waals surface area contributed by atoms with Gasteiger partial charge in [0.1, 0.15) is 12.2 Å². The predicted octanol–water partition coefficient (Wildman–Crippen LogP) is 4.58. The van der Waals surface area contributed by atoms with Gasteiger partial charge in [-0.2, -0.15) is 0 Å². The maximum atomic E-state index is 12.8. The zero-order valence-electron chi connectivity index (χ0n) is 17.3. The van der Waals surface area contributed by atoms with Gasteiger partial charge in [-0.25, -0.2) is 9.59 Å². The first-order valence-corrected chi connectivity index (χ1v) is 10.3. The SMILES string of the molecule is CC(C)(C)OC(=O)N1CCCCC12CCCN(C(=O)OCc1ccccc1)C2. The van der Waals surface area contributed by atoms with Crippen LogP contribution in [-0.4, -0.2) is 52.8 Å². The molecule has 6 nitrogen and oxygen atoms in total. The fourth-order valence-electron chi connectivity index (χ4n) is 4.20. The lowest BCUT2D eigenvalue weighted by atomic mass is 9.80. The molecule has 1 spiro atoms. The number of benzene rings is 1. The number of amides is 2. The van der Waals surface area contributed by atoms with Crippen molar-refractivity contribution >= 4 is 12.2 Å². The number of hydrogen-bond donors (Lipinski definition) is 0. The largest absolute Gasteiger partial charge is 0.445 e. The average molecular weight is 389 g/mol. The minimum absolute atomic E-state index is 0.263. The van der Waals surface area contributed by atoms with Crippen LogP contribution in [0.4, 0.5) is 9.59 Å². The van der Waals surface area contributed by atoms with Crippen LogP contribution in [0.3, 0.4) is 0 Å². The molecule has 3 rings (SSSR count). The maximum Gasteiger partial charge on any atom is 0.410 e. The predicted molar refractivity (Wildman–Crippen MR) is 107 cm³/mol. The second-order valence-electron chi connectivity index (χ2n) is 8.88. The summed E-state index contributed by atoms with van der Waals surface area (Å²) in [5.41, 5.74) is 0.0964. The van der Waals surface area contributed by atoms with E-state index in [1.165, 1.54) is 0 Å². The zero-order chi connectivity index (χ0) is 20.2. The van der Waals surface area contributed by atoms with Crippen molar-refractivity contribution in [3.8, 4) is 0 Å². The van der Waals surface area contributed by atoms with E-state index >= 15 is 0 Å². The highest BCUT2D eigenvalue weighted by atomic mass is 16.6. The normalized spacial score (nSPS) is 22.8. The Morgan fingerprint density at radius 2 is 1.71 bits per heavy atom. The maximum absolute atomic E-state index is 12.8. The van der Waals surface area contributed by atoms with Crippen LogP contribution < -0.4 is 0 Å². The third kappa shape index (κ3) is 4.97. The van der Waals surface area contributed by atoms with Gasteiger partial charge in [-0.05, 0) is 58.4 Å². The summed E-state index contributed by atoms with van der Waals surface area (Å²) < 4.78 is 11.2. The van der Waals surface area contributed by atoms with Crippen molar-refractivity contribution < 1.29 is 19.1 Å². The van der Waals surface area contributed by atoms with Crippen LogP contribution in [0.2, 0.25) is 0 Å². The lowest BCUT2D eigenvalue weighted by Gasteiger charge is -2.51. The van der Waals surface area contributed by atoms with Gasteiger partial charge in [0.15, 0.2) is 0 Å². The number of rotatable bonds is 2. The second kappa shape index (κ2) is 8.41. The van der Waals surface area contributed by atoms with Crippen molar-refractivity contribution in [2.45, 2.75) is 70.6 Å². The van der Waals surface area contributed by atoms with Crippen molar-refractivity contribution in [3.63, 3.8) is 0 Å². The fraction of sp³-hybridized carbons (Fsp3) is 0.636. The molecule has 28 heavy (non-hydrogen) atoms. The summed E-state index contributed by atoms with van der Waals surface area (Å²) in [5, 5.41) is 0. The van der Waals surface area contributed by atoms with E-state index in [4.69, 9.17) is 9.47 Å². The molecule has 2 fully saturated rings. The number of hydrogen-bond acceptors (Lipinski definition) is 4. The number of nitrogens with zero attached hydrogens (tertiary/aromatic N) is 2. The topological polar surface area (TPSA) is 59.1 Å². The van der Waals surface area contributed by atoms with E-state index in [0.717, 1.165) is 37.7 Å². The lowest BCUT2D eigenvalue weighted by molar-refractivity contribution is -0.0405. The van der Waals surface area contributed by atoms with Crippen molar-refractivity contribution in [1.82, 2.24) is 9.80 Å². The van der Waals surface area contributed by atoms with E-state index in [1.54, 1.807) is 4.90 Å². The Kier molecular flexibility index (Phi) is 6.16. The highest BCUT2D eigenvalue weighted by Gasteiger charge is 2.47. The number of likely N-dealkylation sites (tertiary alicyclic amines) is 2. The molecule has 1 aromatic rings. The minimum Gasteiger partial charge on any atom is -0.445 e. The van der Waals surface area contributed by atoms with E-state index in [-0.39, 0.29) is 24.3 Å². The van der Waals surface area contributed by atoms with Gasteiger partial charge in [-0.15, -0.1) is 0 Å². The Hall–Kier alpha value is -2.24. The van der Waals surface area contributed by atoms with Gasteiger partial charge in [-0.1, -0.05) is 30.3 Å². The van der Waals surface area contributed by atoms with E-state index in [0.29, 0.717) is 19.6 Å². The van der Waals surface area contributed by atoms with Crippen LogP contribution in [0.1, 0.15) is 58.4 Å². The molecule has 154 valence electrons. The molecule has 2 aliphatic heterocycles. The summed E-state index contributed by atoms with van der Waals surface area (Å²) in [5.74, 6) is 0. The summed E-state index contributed by atoms with van der Waals surface area (Å²) in [6, 6.07) is 9.68. The molecule has 2 amide bonds. The van der Waals surface area contributed by atoms with Crippen LogP contribution in [0.25, 0.3) is 0 Å². The molecule has 0 bridgehead atoms. The summed E-state index contributed by atoms with van der Waals surface area (Å²) in [7, 11) is 0. The highest BCUT2D eigenvalue weighted by Crippen LogP contribution is 2.37. The first-order valence-electron chi connectivity index (χ1n) is 10.3. The molecule has 2 saturated heterocycles. The first kappa shape index (κ1) is 20.5. The molecule has 0 saturated carbocycles. The van der Waals surface area contributed by atoms with Gasteiger partial charge in [0.25, 0.3) is 0 Å². The molecular weight excluding hydrogens is 356 g/mol. The van der Waals surface area contributed by atoms with Crippen LogP contribution in [-0.2, 0) is 16.1 Å². The van der Waals surface area contributed by atoms with Crippen molar-refractivity contribution in [3.05, 3.63) is 35.9 Å². The molecule has 6 heteroatoms. The molecule has 1 atom stereocenters. The summed E-state index contributed by atoms with van der Waals surface area (Å²) in [4.78, 5) is 29.1. The number of ether oxygens (including phenoxy) is 2. The summed E-state index contributed by atoms with van der Waals surface area (Å²) in [6.45, 7) is 7.78. The van der Waals surface area contributed by atoms with Crippen molar-refractivity contribution in [2.24, 2.45) is 0 Å². The van der Waals surface area contributed by atoms with Gasteiger partial charge in [-0.3, -0.25) is 0 Å². The summed E-state index contributed by atoms with van der Waals surface area (Å²) in [6.07, 6.45) is 4.11. The second-order valence-corrected chi connectivity index (χ2v) is 8.88. The Bertz CT molecular complexity index is 682. The summed E-state index contributed by atoms with van der Waals surface area (Å²) >= 11 is 0. The van der Waals surface area contributed by atoms with Crippen LogP contribution >= 0.6 is 0 Å². The van der Waals surface area contributed by atoms with E-state index < -0.39 is 5.60 Å². The minimum atomic E-state index is -0.529. The molecular formula is C22H32N2O4. The molecule has 0 radical (unpaired) electrons. The van der Waals surface area contributed by atoms with Gasteiger partial charge < -0.3 is 19.3 Å². The molecule has 0 aliphatic carbocycles. The van der Waals surface area contributed by atoms with E-state index in [9.17, 15) is 9.59 Å². The van der Waals surface area contributed by atoms with Crippen LogP contribution in [0.5, 0.6) is 0 Å². The first-order chi connectivity index (χ1) is 13.3. The quantitative estimate of drug-likeness (QED) is 0.744. The molecule has 0 aromatic heterocycles. The average Bonchev–Trinajstić information content (AvgIpc) is 2.66. The van der Waals surface area contributed by atoms with Gasteiger partial charge in [0.05, 0.1) is 5.54 Å².